The highest BCUT2D eigenvalue weighted by Gasteiger charge is 2.03. The monoisotopic (exact) mass is 251 g/mol. The van der Waals surface area contributed by atoms with Crippen LogP contribution < -0.4 is 0 Å². The molecule has 70 valence electrons. The van der Waals surface area contributed by atoms with Crippen molar-refractivity contribution < 1.29 is 5.21 Å². The molecular weight excluding hydrogens is 246 g/mol. The van der Waals surface area contributed by atoms with Gasteiger partial charge in [-0.3, -0.25) is 4.98 Å². The first-order valence-electron chi connectivity index (χ1n) is 3.91. The van der Waals surface area contributed by atoms with Crippen molar-refractivity contribution in [1.82, 2.24) is 9.97 Å². The Labute approximate surface area is 88.4 Å². The summed E-state index contributed by atoms with van der Waals surface area (Å²) in [4.78, 5) is 8.41. The molecule has 5 heteroatoms. The lowest BCUT2D eigenvalue weighted by Crippen LogP contribution is -1.96. The summed E-state index contributed by atoms with van der Waals surface area (Å²) in [6.45, 7) is 0. The molecule has 0 amide bonds. The molecule has 0 fully saturated rings. The minimum absolute atomic E-state index is 0.274. The molecule has 0 saturated carbocycles. The first-order chi connectivity index (χ1) is 6.81. The van der Waals surface area contributed by atoms with Crippen LogP contribution in [0.1, 0.15) is 5.69 Å². The fourth-order valence-corrected chi connectivity index (χ4v) is 1.30. The number of fused-ring (bicyclic) bond motifs is 1. The summed E-state index contributed by atoms with van der Waals surface area (Å²) in [7, 11) is 0. The zero-order valence-electron chi connectivity index (χ0n) is 7.05. The zero-order valence-corrected chi connectivity index (χ0v) is 8.64. The second kappa shape index (κ2) is 3.71. The molecule has 0 aliphatic rings. The van der Waals surface area contributed by atoms with E-state index in [1.165, 1.54) is 0 Å². The van der Waals surface area contributed by atoms with Gasteiger partial charge in [-0.25, -0.2) is 4.98 Å². The lowest BCUT2D eigenvalue weighted by atomic mass is 10.3. The van der Waals surface area contributed by atoms with Crippen LogP contribution in [0.15, 0.2) is 35.6 Å². The highest BCUT2D eigenvalue weighted by molar-refractivity contribution is 9.18. The van der Waals surface area contributed by atoms with E-state index in [1.54, 1.807) is 6.20 Å². The normalized spacial score (nSPS) is 11.9. The number of benzene rings is 1. The van der Waals surface area contributed by atoms with Gasteiger partial charge in [0.1, 0.15) is 5.69 Å². The first kappa shape index (κ1) is 9.08. The van der Waals surface area contributed by atoms with Gasteiger partial charge in [0.05, 0.1) is 17.2 Å². The fourth-order valence-electron chi connectivity index (χ4n) is 1.11. The smallest absolute Gasteiger partial charge is 0.172 e. The summed E-state index contributed by atoms with van der Waals surface area (Å²) >= 11 is 3.07. The van der Waals surface area contributed by atoms with E-state index >= 15 is 0 Å². The molecule has 14 heavy (non-hydrogen) atoms. The highest BCUT2D eigenvalue weighted by Crippen LogP contribution is 2.10. The number of para-hydroxylation sites is 2. The third kappa shape index (κ3) is 1.58. The zero-order chi connectivity index (χ0) is 9.97. The number of halogens is 1. The van der Waals surface area contributed by atoms with E-state index in [4.69, 9.17) is 5.21 Å². The molecule has 2 aromatic rings. The van der Waals surface area contributed by atoms with Crippen LogP contribution >= 0.6 is 15.9 Å². The average Bonchev–Trinajstić information content (AvgIpc) is 2.27. The van der Waals surface area contributed by atoms with Crippen LogP contribution in [-0.4, -0.2) is 19.8 Å². The lowest BCUT2D eigenvalue weighted by molar-refractivity contribution is 0.321. The Bertz CT molecular complexity index is 498. The first-order valence-corrected chi connectivity index (χ1v) is 4.70. The number of rotatable bonds is 1. The van der Waals surface area contributed by atoms with E-state index in [2.05, 4.69) is 31.1 Å². The molecule has 4 nitrogen and oxygen atoms in total. The van der Waals surface area contributed by atoms with E-state index in [0.29, 0.717) is 5.69 Å². The van der Waals surface area contributed by atoms with Gasteiger partial charge >= 0.3 is 0 Å². The van der Waals surface area contributed by atoms with Crippen LogP contribution in [-0.2, 0) is 0 Å². The Morgan fingerprint density at radius 3 is 2.71 bits per heavy atom. The summed E-state index contributed by atoms with van der Waals surface area (Å²) in [6, 6.07) is 7.50. The molecule has 0 radical (unpaired) electrons. The van der Waals surface area contributed by atoms with Gasteiger partial charge in [0.15, 0.2) is 4.62 Å². The third-order valence-corrected chi connectivity index (χ3v) is 2.31. The van der Waals surface area contributed by atoms with Crippen molar-refractivity contribution in [3.63, 3.8) is 0 Å². The van der Waals surface area contributed by atoms with Crippen molar-refractivity contribution >= 4 is 31.6 Å². The Balaban J connectivity index is 2.62. The number of oxime groups is 1. The van der Waals surface area contributed by atoms with E-state index < -0.39 is 0 Å². The van der Waals surface area contributed by atoms with Gasteiger partial charge in [0, 0.05) is 0 Å². The molecule has 2 rings (SSSR count). The van der Waals surface area contributed by atoms with Gasteiger partial charge in [0.25, 0.3) is 0 Å². The van der Waals surface area contributed by atoms with Crippen LogP contribution in [0.5, 0.6) is 0 Å². The summed E-state index contributed by atoms with van der Waals surface area (Å²) in [5.74, 6) is 0. The maximum Gasteiger partial charge on any atom is 0.172 e. The minimum Gasteiger partial charge on any atom is -0.410 e. The Hall–Kier alpha value is -1.49. The fraction of sp³-hybridized carbons (Fsp3) is 0. The van der Waals surface area contributed by atoms with Crippen molar-refractivity contribution in [2.75, 3.05) is 0 Å². The Morgan fingerprint density at radius 1 is 1.29 bits per heavy atom. The van der Waals surface area contributed by atoms with Gasteiger partial charge in [0.2, 0.25) is 0 Å². The van der Waals surface area contributed by atoms with Gasteiger partial charge < -0.3 is 5.21 Å². The van der Waals surface area contributed by atoms with Crippen LogP contribution in [0.2, 0.25) is 0 Å². The number of hydrogen-bond acceptors (Lipinski definition) is 4. The van der Waals surface area contributed by atoms with Crippen molar-refractivity contribution in [3.8, 4) is 0 Å². The predicted octanol–water partition coefficient (Wildman–Crippen LogP) is 2.16. The van der Waals surface area contributed by atoms with Gasteiger partial charge in [-0.15, -0.1) is 0 Å². The molecule has 0 aliphatic heterocycles. The quantitative estimate of drug-likeness (QED) is 0.480. The largest absolute Gasteiger partial charge is 0.410 e. The molecule has 0 unspecified atom stereocenters. The predicted molar refractivity (Wildman–Crippen MR) is 56.8 cm³/mol. The van der Waals surface area contributed by atoms with Gasteiger partial charge in [-0.1, -0.05) is 17.3 Å². The summed E-state index contributed by atoms with van der Waals surface area (Å²) in [6.07, 6.45) is 1.55. The average molecular weight is 252 g/mol. The summed E-state index contributed by atoms with van der Waals surface area (Å²) in [5.41, 5.74) is 2.09. The summed E-state index contributed by atoms with van der Waals surface area (Å²) < 4.78 is 0.274. The number of nitrogens with zero attached hydrogens (tertiary/aromatic N) is 3. The van der Waals surface area contributed by atoms with Crippen LogP contribution in [0, 0.1) is 0 Å². The molecule has 0 saturated heterocycles. The van der Waals surface area contributed by atoms with E-state index in [1.807, 2.05) is 24.3 Å². The van der Waals surface area contributed by atoms with Crippen molar-refractivity contribution in [1.29, 1.82) is 0 Å². The van der Waals surface area contributed by atoms with E-state index in [0.717, 1.165) is 11.0 Å². The van der Waals surface area contributed by atoms with Crippen molar-refractivity contribution in [3.05, 3.63) is 36.2 Å². The Morgan fingerprint density at radius 2 is 2.00 bits per heavy atom. The summed E-state index contributed by atoms with van der Waals surface area (Å²) in [5, 5.41) is 11.5. The Kier molecular flexibility index (Phi) is 2.41. The molecule has 1 N–H and O–H groups in total. The van der Waals surface area contributed by atoms with Crippen LogP contribution in [0.3, 0.4) is 0 Å². The van der Waals surface area contributed by atoms with Gasteiger partial charge in [-0.05, 0) is 28.1 Å². The third-order valence-electron chi connectivity index (χ3n) is 1.75. The number of hydrogen-bond donors (Lipinski definition) is 1. The maximum atomic E-state index is 8.53. The van der Waals surface area contributed by atoms with E-state index in [9.17, 15) is 0 Å². The molecule has 1 heterocycles. The van der Waals surface area contributed by atoms with Crippen LogP contribution in [0.4, 0.5) is 0 Å². The van der Waals surface area contributed by atoms with E-state index in [-0.39, 0.29) is 4.62 Å². The molecule has 0 spiro atoms. The second-order valence-electron chi connectivity index (χ2n) is 2.63. The second-order valence-corrected chi connectivity index (χ2v) is 3.39. The van der Waals surface area contributed by atoms with Crippen molar-refractivity contribution in [2.24, 2.45) is 5.16 Å². The molecular formula is C9H6BrN3O. The van der Waals surface area contributed by atoms with Crippen molar-refractivity contribution in [2.45, 2.75) is 0 Å². The lowest BCUT2D eigenvalue weighted by Gasteiger charge is -1.98. The van der Waals surface area contributed by atoms with Crippen LogP contribution in [0.25, 0.3) is 11.0 Å². The standard InChI is InChI=1S/C9H6BrN3O/c10-9(13-14)8-5-11-6-3-1-2-4-7(6)12-8/h1-5,14H. The van der Waals surface area contributed by atoms with Gasteiger partial charge in [-0.2, -0.15) is 0 Å². The highest BCUT2D eigenvalue weighted by atomic mass is 79.9. The molecule has 0 atom stereocenters. The maximum absolute atomic E-state index is 8.53. The molecule has 0 aliphatic carbocycles. The minimum atomic E-state index is 0.274. The topological polar surface area (TPSA) is 58.4 Å². The molecule has 0 bridgehead atoms. The molecule has 1 aromatic heterocycles. The SMILES string of the molecule is ON=C(Br)c1cnc2ccccc2n1. The molecule has 1 aromatic carbocycles. The number of aromatic nitrogens is 2.